The van der Waals surface area contributed by atoms with Gasteiger partial charge in [0.15, 0.2) is 0 Å². The minimum Gasteiger partial charge on any atom is -0.392 e. The van der Waals surface area contributed by atoms with Gasteiger partial charge >= 0.3 is 0 Å². The van der Waals surface area contributed by atoms with E-state index in [-0.39, 0.29) is 6.10 Å². The molecular formula is C16H26N2O. The average molecular weight is 262 g/mol. The summed E-state index contributed by atoms with van der Waals surface area (Å²) < 4.78 is 0. The Kier molecular flexibility index (Phi) is 5.37. The number of nitrogens with zero attached hydrogens (tertiary/aromatic N) is 1. The first-order valence-electron chi connectivity index (χ1n) is 7.33. The van der Waals surface area contributed by atoms with Crippen LogP contribution in [0, 0.1) is 5.92 Å². The van der Waals surface area contributed by atoms with Crippen LogP contribution in [0.25, 0.3) is 0 Å². The minimum atomic E-state index is -0.154. The number of piperidine rings is 1. The summed E-state index contributed by atoms with van der Waals surface area (Å²) >= 11 is 0. The normalized spacial score (nSPS) is 26.3. The molecule has 19 heavy (non-hydrogen) atoms. The molecule has 0 amide bonds. The van der Waals surface area contributed by atoms with Gasteiger partial charge in [-0.15, -0.1) is 0 Å². The van der Waals surface area contributed by atoms with E-state index in [0.717, 1.165) is 32.5 Å². The largest absolute Gasteiger partial charge is 0.392 e. The van der Waals surface area contributed by atoms with Gasteiger partial charge in [0.2, 0.25) is 0 Å². The van der Waals surface area contributed by atoms with Crippen molar-refractivity contribution in [3.05, 3.63) is 35.9 Å². The number of rotatable bonds is 5. The van der Waals surface area contributed by atoms with Crippen molar-refractivity contribution in [2.75, 3.05) is 26.7 Å². The van der Waals surface area contributed by atoms with Gasteiger partial charge < -0.3 is 15.3 Å². The zero-order chi connectivity index (χ0) is 13.7. The number of hydrogen-bond donors (Lipinski definition) is 2. The van der Waals surface area contributed by atoms with Gasteiger partial charge in [-0.3, -0.25) is 0 Å². The van der Waals surface area contributed by atoms with Crippen molar-refractivity contribution in [3.8, 4) is 0 Å². The summed E-state index contributed by atoms with van der Waals surface area (Å²) in [6.07, 6.45) is 2.04. The first-order valence-corrected chi connectivity index (χ1v) is 7.33. The lowest BCUT2D eigenvalue weighted by Gasteiger charge is -2.35. The van der Waals surface area contributed by atoms with Crippen LogP contribution in [0.3, 0.4) is 0 Å². The number of β-amino-alcohol motifs (C(OH)–C–C–N with tert-alkyl or cyclic N) is 1. The van der Waals surface area contributed by atoms with Crippen molar-refractivity contribution < 1.29 is 5.11 Å². The van der Waals surface area contributed by atoms with Crippen molar-refractivity contribution in [1.29, 1.82) is 0 Å². The van der Waals surface area contributed by atoms with E-state index in [4.69, 9.17) is 0 Å². The molecule has 1 aromatic carbocycles. The molecule has 3 nitrogen and oxygen atoms in total. The highest BCUT2D eigenvalue weighted by atomic mass is 16.3. The SMILES string of the molecule is CNC(CCN1CCC(C)C(O)C1)c1ccccc1. The fraction of sp³-hybridized carbons (Fsp3) is 0.625. The van der Waals surface area contributed by atoms with Crippen molar-refractivity contribution in [2.45, 2.75) is 31.9 Å². The molecule has 1 saturated heterocycles. The highest BCUT2D eigenvalue weighted by molar-refractivity contribution is 5.18. The Morgan fingerprint density at radius 2 is 2.11 bits per heavy atom. The van der Waals surface area contributed by atoms with E-state index in [0.29, 0.717) is 12.0 Å². The molecule has 3 heteroatoms. The fourth-order valence-electron chi connectivity index (χ4n) is 2.79. The minimum absolute atomic E-state index is 0.154. The molecule has 0 aliphatic carbocycles. The first kappa shape index (κ1) is 14.5. The van der Waals surface area contributed by atoms with Crippen LogP contribution in [0.1, 0.15) is 31.4 Å². The van der Waals surface area contributed by atoms with Gasteiger partial charge in [0.05, 0.1) is 6.10 Å². The van der Waals surface area contributed by atoms with Crippen LogP contribution in [0.4, 0.5) is 0 Å². The average Bonchev–Trinajstić information content (AvgIpc) is 2.44. The molecule has 106 valence electrons. The maximum absolute atomic E-state index is 9.93. The summed E-state index contributed by atoms with van der Waals surface area (Å²) in [6.45, 7) is 5.13. The molecule has 3 atom stereocenters. The molecule has 2 rings (SSSR count). The molecule has 0 spiro atoms. The van der Waals surface area contributed by atoms with Gasteiger partial charge in [0.1, 0.15) is 0 Å². The summed E-state index contributed by atoms with van der Waals surface area (Å²) in [4.78, 5) is 2.39. The maximum atomic E-state index is 9.93. The van der Waals surface area contributed by atoms with E-state index in [1.54, 1.807) is 0 Å². The van der Waals surface area contributed by atoms with Crippen molar-refractivity contribution in [1.82, 2.24) is 10.2 Å². The highest BCUT2D eigenvalue weighted by Gasteiger charge is 2.24. The molecule has 1 aromatic rings. The van der Waals surface area contributed by atoms with Gasteiger partial charge in [-0.1, -0.05) is 37.3 Å². The molecule has 2 N–H and O–H groups in total. The van der Waals surface area contributed by atoms with E-state index in [1.165, 1.54) is 5.56 Å². The molecule has 0 bridgehead atoms. The van der Waals surface area contributed by atoms with Gasteiger partial charge in [-0.25, -0.2) is 0 Å². The number of likely N-dealkylation sites (tertiary alicyclic amines) is 1. The van der Waals surface area contributed by atoms with Gasteiger partial charge in [0, 0.05) is 19.1 Å². The Bertz CT molecular complexity index is 368. The van der Waals surface area contributed by atoms with Gasteiger partial charge in [0.25, 0.3) is 0 Å². The monoisotopic (exact) mass is 262 g/mol. The van der Waals surface area contributed by atoms with E-state index in [9.17, 15) is 5.11 Å². The summed E-state index contributed by atoms with van der Waals surface area (Å²) in [5.74, 6) is 0.450. The topological polar surface area (TPSA) is 35.5 Å². The third kappa shape index (κ3) is 4.03. The Hall–Kier alpha value is -0.900. The lowest BCUT2D eigenvalue weighted by molar-refractivity contribution is 0.0278. The van der Waals surface area contributed by atoms with Crippen LogP contribution < -0.4 is 5.32 Å². The standard InChI is InChI=1S/C16H26N2O/c1-13-8-10-18(12-16(13)19)11-9-15(17-2)14-6-4-3-5-7-14/h3-7,13,15-17,19H,8-12H2,1-2H3. The molecule has 1 aliphatic rings. The highest BCUT2D eigenvalue weighted by Crippen LogP contribution is 2.20. The summed E-state index contributed by atoms with van der Waals surface area (Å²) in [6, 6.07) is 11.0. The number of aliphatic hydroxyl groups is 1. The molecule has 1 aliphatic heterocycles. The Morgan fingerprint density at radius 1 is 1.37 bits per heavy atom. The molecule has 0 radical (unpaired) electrons. The second-order valence-electron chi connectivity index (χ2n) is 5.67. The number of hydrogen-bond acceptors (Lipinski definition) is 3. The third-order valence-electron chi connectivity index (χ3n) is 4.29. The van der Waals surface area contributed by atoms with Crippen LogP contribution >= 0.6 is 0 Å². The fourth-order valence-corrected chi connectivity index (χ4v) is 2.79. The van der Waals surface area contributed by atoms with Crippen LogP contribution in [0.15, 0.2) is 30.3 Å². The predicted octanol–water partition coefficient (Wildman–Crippen LogP) is 2.04. The molecule has 1 heterocycles. The Morgan fingerprint density at radius 3 is 2.74 bits per heavy atom. The number of nitrogens with one attached hydrogen (secondary N) is 1. The summed E-state index contributed by atoms with van der Waals surface area (Å²) in [5, 5.41) is 13.3. The predicted molar refractivity (Wildman–Crippen MR) is 79.1 cm³/mol. The summed E-state index contributed by atoms with van der Waals surface area (Å²) in [5.41, 5.74) is 1.34. The molecule has 0 aromatic heterocycles. The second kappa shape index (κ2) is 7.04. The zero-order valence-electron chi connectivity index (χ0n) is 12.0. The molecular weight excluding hydrogens is 236 g/mol. The van der Waals surface area contributed by atoms with E-state index < -0.39 is 0 Å². The Balaban J connectivity index is 1.84. The second-order valence-corrected chi connectivity index (χ2v) is 5.67. The lowest BCUT2D eigenvalue weighted by Crippen LogP contribution is -2.43. The van der Waals surface area contributed by atoms with E-state index in [2.05, 4.69) is 47.5 Å². The number of benzene rings is 1. The quantitative estimate of drug-likeness (QED) is 0.852. The van der Waals surface area contributed by atoms with Crippen LogP contribution in [0.2, 0.25) is 0 Å². The van der Waals surface area contributed by atoms with Gasteiger partial charge in [-0.2, -0.15) is 0 Å². The van der Waals surface area contributed by atoms with Crippen LogP contribution in [0.5, 0.6) is 0 Å². The Labute approximate surface area is 116 Å². The van der Waals surface area contributed by atoms with E-state index in [1.807, 2.05) is 7.05 Å². The lowest BCUT2D eigenvalue weighted by atomic mass is 9.95. The maximum Gasteiger partial charge on any atom is 0.0693 e. The smallest absolute Gasteiger partial charge is 0.0693 e. The van der Waals surface area contributed by atoms with Gasteiger partial charge in [-0.05, 0) is 37.9 Å². The summed E-state index contributed by atoms with van der Waals surface area (Å²) in [7, 11) is 2.02. The van der Waals surface area contributed by atoms with Crippen molar-refractivity contribution >= 4 is 0 Å². The van der Waals surface area contributed by atoms with Crippen molar-refractivity contribution in [3.63, 3.8) is 0 Å². The molecule has 0 saturated carbocycles. The third-order valence-corrected chi connectivity index (χ3v) is 4.29. The van der Waals surface area contributed by atoms with Crippen molar-refractivity contribution in [2.24, 2.45) is 5.92 Å². The van der Waals surface area contributed by atoms with Crippen LogP contribution in [-0.2, 0) is 0 Å². The number of aliphatic hydroxyl groups excluding tert-OH is 1. The van der Waals surface area contributed by atoms with Crippen LogP contribution in [-0.4, -0.2) is 42.8 Å². The first-order chi connectivity index (χ1) is 9.20. The zero-order valence-corrected chi connectivity index (χ0v) is 12.0. The van der Waals surface area contributed by atoms with E-state index >= 15 is 0 Å². The molecule has 3 unspecified atom stereocenters. The molecule has 1 fully saturated rings.